The van der Waals surface area contributed by atoms with Crippen LogP contribution in [0.1, 0.15) is 24.8 Å². The first-order chi connectivity index (χ1) is 8.74. The van der Waals surface area contributed by atoms with Crippen LogP contribution in [-0.2, 0) is 11.2 Å². The summed E-state index contributed by atoms with van der Waals surface area (Å²) in [5.74, 6) is 0.159. The molecule has 0 spiro atoms. The van der Waals surface area contributed by atoms with Crippen LogP contribution in [0.3, 0.4) is 0 Å². The second kappa shape index (κ2) is 8.56. The Balaban J connectivity index is 0.00000180. The molecule has 3 nitrogen and oxygen atoms in total. The highest BCUT2D eigenvalue weighted by atomic mass is 79.9. The summed E-state index contributed by atoms with van der Waals surface area (Å²) >= 11 is 3.41. The molecule has 2 rings (SSSR count). The van der Waals surface area contributed by atoms with E-state index in [2.05, 4.69) is 38.7 Å². The van der Waals surface area contributed by atoms with Crippen molar-refractivity contribution >= 4 is 34.2 Å². The number of nitrogens with one attached hydrogen (secondary N) is 2. The third kappa shape index (κ3) is 5.93. The summed E-state index contributed by atoms with van der Waals surface area (Å²) in [5, 5.41) is 6.32. The van der Waals surface area contributed by atoms with Crippen molar-refractivity contribution in [2.45, 2.75) is 31.7 Å². The molecule has 0 bridgehead atoms. The molecule has 106 valence electrons. The number of benzene rings is 1. The van der Waals surface area contributed by atoms with Gasteiger partial charge in [0, 0.05) is 23.5 Å². The van der Waals surface area contributed by atoms with E-state index in [-0.39, 0.29) is 18.3 Å². The molecule has 1 saturated heterocycles. The summed E-state index contributed by atoms with van der Waals surface area (Å²) in [7, 11) is 0. The first-order valence-electron chi connectivity index (χ1n) is 6.48. The van der Waals surface area contributed by atoms with E-state index in [4.69, 9.17) is 0 Å². The molecule has 2 N–H and O–H groups in total. The molecule has 1 fully saturated rings. The SMILES string of the molecule is Cl.O=C(CC1CCCN1)NCCc1ccc(Br)cc1. The molecular weight excluding hydrogens is 328 g/mol. The number of hydrogen-bond donors (Lipinski definition) is 2. The largest absolute Gasteiger partial charge is 0.356 e. The van der Waals surface area contributed by atoms with Crippen molar-refractivity contribution in [3.8, 4) is 0 Å². The van der Waals surface area contributed by atoms with Gasteiger partial charge in [0.1, 0.15) is 0 Å². The van der Waals surface area contributed by atoms with Gasteiger partial charge >= 0.3 is 0 Å². The van der Waals surface area contributed by atoms with Gasteiger partial charge in [0.15, 0.2) is 0 Å². The van der Waals surface area contributed by atoms with Crippen LogP contribution in [0.25, 0.3) is 0 Å². The normalized spacial score (nSPS) is 17.8. The maximum atomic E-state index is 11.7. The van der Waals surface area contributed by atoms with E-state index in [0.717, 1.165) is 23.9 Å². The molecule has 1 unspecified atom stereocenters. The highest BCUT2D eigenvalue weighted by molar-refractivity contribution is 9.10. The van der Waals surface area contributed by atoms with Crippen LogP contribution in [0.2, 0.25) is 0 Å². The summed E-state index contributed by atoms with van der Waals surface area (Å²) in [6.07, 6.45) is 3.81. The van der Waals surface area contributed by atoms with Gasteiger partial charge in [0.25, 0.3) is 0 Å². The quantitative estimate of drug-likeness (QED) is 0.860. The molecule has 1 atom stereocenters. The van der Waals surface area contributed by atoms with E-state index in [9.17, 15) is 4.79 Å². The van der Waals surface area contributed by atoms with Crippen molar-refractivity contribution in [3.05, 3.63) is 34.3 Å². The Bertz CT molecular complexity index is 391. The van der Waals surface area contributed by atoms with Gasteiger partial charge in [-0.15, -0.1) is 12.4 Å². The van der Waals surface area contributed by atoms with Crippen molar-refractivity contribution in [3.63, 3.8) is 0 Å². The zero-order valence-corrected chi connectivity index (χ0v) is 13.2. The number of amides is 1. The Morgan fingerprint density at radius 3 is 2.74 bits per heavy atom. The van der Waals surface area contributed by atoms with Gasteiger partial charge < -0.3 is 10.6 Å². The number of rotatable bonds is 5. The first kappa shape index (κ1) is 16.5. The number of halogens is 2. The monoisotopic (exact) mass is 346 g/mol. The summed E-state index contributed by atoms with van der Waals surface area (Å²) in [6, 6.07) is 8.60. The van der Waals surface area contributed by atoms with Gasteiger partial charge in [0.05, 0.1) is 0 Å². The zero-order chi connectivity index (χ0) is 12.8. The Morgan fingerprint density at radius 2 is 2.11 bits per heavy atom. The van der Waals surface area contributed by atoms with E-state index in [1.165, 1.54) is 12.0 Å². The number of hydrogen-bond acceptors (Lipinski definition) is 2. The van der Waals surface area contributed by atoms with Gasteiger partial charge in [-0.25, -0.2) is 0 Å². The number of carbonyl (C=O) groups is 1. The lowest BCUT2D eigenvalue weighted by Gasteiger charge is -2.10. The summed E-state index contributed by atoms with van der Waals surface area (Å²) in [4.78, 5) is 11.7. The summed E-state index contributed by atoms with van der Waals surface area (Å²) in [6.45, 7) is 1.77. The Morgan fingerprint density at radius 1 is 1.37 bits per heavy atom. The lowest BCUT2D eigenvalue weighted by atomic mass is 10.1. The van der Waals surface area contributed by atoms with Crippen LogP contribution in [0.4, 0.5) is 0 Å². The molecule has 0 radical (unpaired) electrons. The van der Waals surface area contributed by atoms with Gasteiger partial charge in [-0.1, -0.05) is 28.1 Å². The third-order valence-electron chi connectivity index (χ3n) is 3.24. The summed E-state index contributed by atoms with van der Waals surface area (Å²) in [5.41, 5.74) is 1.25. The average Bonchev–Trinajstić information content (AvgIpc) is 2.84. The van der Waals surface area contributed by atoms with E-state index < -0.39 is 0 Å². The first-order valence-corrected chi connectivity index (χ1v) is 7.28. The van der Waals surface area contributed by atoms with E-state index in [1.54, 1.807) is 0 Å². The fraction of sp³-hybridized carbons (Fsp3) is 0.500. The van der Waals surface area contributed by atoms with Gasteiger partial charge in [-0.2, -0.15) is 0 Å². The minimum atomic E-state index is 0. The molecule has 1 amide bonds. The van der Waals surface area contributed by atoms with Crippen LogP contribution >= 0.6 is 28.3 Å². The van der Waals surface area contributed by atoms with Crippen molar-refractivity contribution in [1.82, 2.24) is 10.6 Å². The Hall–Kier alpha value is -0.580. The van der Waals surface area contributed by atoms with Crippen LogP contribution in [0, 0.1) is 0 Å². The minimum Gasteiger partial charge on any atom is -0.356 e. The Labute approximate surface area is 129 Å². The van der Waals surface area contributed by atoms with E-state index in [1.807, 2.05) is 12.1 Å². The lowest BCUT2D eigenvalue weighted by Crippen LogP contribution is -2.32. The van der Waals surface area contributed by atoms with E-state index in [0.29, 0.717) is 19.0 Å². The molecule has 1 aliphatic rings. The minimum absolute atomic E-state index is 0. The topological polar surface area (TPSA) is 41.1 Å². The van der Waals surface area contributed by atoms with Gasteiger partial charge in [-0.05, 0) is 43.5 Å². The second-order valence-electron chi connectivity index (χ2n) is 4.72. The van der Waals surface area contributed by atoms with Crippen molar-refractivity contribution in [2.24, 2.45) is 0 Å². The van der Waals surface area contributed by atoms with Crippen molar-refractivity contribution in [1.29, 1.82) is 0 Å². The van der Waals surface area contributed by atoms with Gasteiger partial charge in [0.2, 0.25) is 5.91 Å². The highest BCUT2D eigenvalue weighted by Crippen LogP contribution is 2.11. The van der Waals surface area contributed by atoms with Crippen LogP contribution < -0.4 is 10.6 Å². The molecule has 0 aromatic heterocycles. The van der Waals surface area contributed by atoms with Crippen LogP contribution in [0.5, 0.6) is 0 Å². The molecule has 19 heavy (non-hydrogen) atoms. The fourth-order valence-corrected chi connectivity index (χ4v) is 2.49. The van der Waals surface area contributed by atoms with Crippen molar-refractivity contribution < 1.29 is 4.79 Å². The molecule has 1 aliphatic heterocycles. The smallest absolute Gasteiger partial charge is 0.221 e. The molecular formula is C14H20BrClN2O. The maximum Gasteiger partial charge on any atom is 0.221 e. The zero-order valence-electron chi connectivity index (χ0n) is 10.8. The third-order valence-corrected chi connectivity index (χ3v) is 3.77. The van der Waals surface area contributed by atoms with E-state index >= 15 is 0 Å². The molecule has 5 heteroatoms. The molecule has 0 aliphatic carbocycles. The fourth-order valence-electron chi connectivity index (χ4n) is 2.22. The standard InChI is InChI=1S/C14H19BrN2O.ClH/c15-12-5-3-11(4-6-12)7-9-17-14(18)10-13-2-1-8-16-13;/h3-6,13,16H,1-2,7-10H2,(H,17,18);1H. The summed E-state index contributed by atoms with van der Waals surface area (Å²) < 4.78 is 1.09. The predicted octanol–water partition coefficient (Wildman–Crippen LogP) is 2.67. The Kier molecular flexibility index (Phi) is 7.42. The highest BCUT2D eigenvalue weighted by Gasteiger charge is 2.16. The number of carbonyl (C=O) groups excluding carboxylic acids is 1. The van der Waals surface area contributed by atoms with Crippen molar-refractivity contribution in [2.75, 3.05) is 13.1 Å². The molecule has 1 aromatic carbocycles. The second-order valence-corrected chi connectivity index (χ2v) is 5.64. The maximum absolute atomic E-state index is 11.7. The predicted molar refractivity (Wildman–Crippen MR) is 83.7 cm³/mol. The molecule has 1 heterocycles. The molecule has 0 saturated carbocycles. The van der Waals surface area contributed by atoms with Gasteiger partial charge in [-0.3, -0.25) is 4.79 Å². The lowest BCUT2D eigenvalue weighted by molar-refractivity contribution is -0.121. The van der Waals surface area contributed by atoms with Crippen LogP contribution in [-0.4, -0.2) is 25.0 Å². The van der Waals surface area contributed by atoms with Crippen LogP contribution in [0.15, 0.2) is 28.7 Å². The average molecular weight is 348 g/mol. The molecule has 1 aromatic rings.